The van der Waals surface area contributed by atoms with Crippen LogP contribution < -0.4 is 5.32 Å². The zero-order valence-electron chi connectivity index (χ0n) is 14.5. The summed E-state index contributed by atoms with van der Waals surface area (Å²) >= 11 is 0. The van der Waals surface area contributed by atoms with Gasteiger partial charge >= 0.3 is 0 Å². The number of benzene rings is 1. The maximum atomic E-state index is 12.2. The van der Waals surface area contributed by atoms with Crippen LogP contribution in [0, 0.1) is 5.92 Å². The highest BCUT2D eigenvalue weighted by Crippen LogP contribution is 2.31. The lowest BCUT2D eigenvalue weighted by atomic mass is 9.89. The van der Waals surface area contributed by atoms with E-state index in [9.17, 15) is 4.79 Å². The summed E-state index contributed by atoms with van der Waals surface area (Å²) in [5, 5.41) is 7.04. The Kier molecular flexibility index (Phi) is 4.81. The lowest BCUT2D eigenvalue weighted by Gasteiger charge is -2.17. The van der Waals surface area contributed by atoms with Gasteiger partial charge in [0.2, 0.25) is 11.8 Å². The minimum atomic E-state index is 0.0650. The van der Waals surface area contributed by atoms with Crippen molar-refractivity contribution in [2.24, 2.45) is 5.92 Å². The largest absolute Gasteiger partial charge is 0.347 e. The molecule has 1 aromatic carbocycles. The van der Waals surface area contributed by atoms with Gasteiger partial charge in [0.1, 0.15) is 0 Å². The summed E-state index contributed by atoms with van der Waals surface area (Å²) in [6, 6.07) is 8.47. The van der Waals surface area contributed by atoms with Gasteiger partial charge < -0.3 is 9.84 Å². The number of nitrogens with one attached hydrogen (secondary N) is 1. The Labute approximate surface area is 148 Å². The maximum absolute atomic E-state index is 12.2. The summed E-state index contributed by atoms with van der Waals surface area (Å²) in [4.78, 5) is 16.7. The van der Waals surface area contributed by atoms with Crippen molar-refractivity contribution in [3.63, 3.8) is 0 Å². The molecule has 5 nitrogen and oxygen atoms in total. The Morgan fingerprint density at radius 2 is 1.84 bits per heavy atom. The van der Waals surface area contributed by atoms with E-state index in [0.717, 1.165) is 31.5 Å². The lowest BCUT2D eigenvalue weighted by molar-refractivity contribution is -0.122. The van der Waals surface area contributed by atoms with Gasteiger partial charge in [0.25, 0.3) is 0 Å². The molecule has 0 radical (unpaired) electrons. The molecule has 1 amide bonds. The molecule has 1 fully saturated rings. The topological polar surface area (TPSA) is 68.0 Å². The standard InChI is InChI=1S/C20H25N3O2/c24-18(12-14-10-16-8-4-5-9-17(16)11-14)21-13-19-22-20(23-25-19)15-6-2-1-3-7-15/h4-5,8-9,14-15H,1-3,6-7,10-13H2,(H,21,24). The van der Waals surface area contributed by atoms with Gasteiger partial charge in [0, 0.05) is 12.3 Å². The number of carbonyl (C=O) groups excluding carboxylic acids is 1. The molecule has 0 aliphatic heterocycles. The Morgan fingerprint density at radius 1 is 1.12 bits per heavy atom. The first-order chi connectivity index (χ1) is 12.3. The van der Waals surface area contributed by atoms with Gasteiger partial charge in [0.05, 0.1) is 6.54 Å². The van der Waals surface area contributed by atoms with Crippen LogP contribution in [0.25, 0.3) is 0 Å². The number of carbonyl (C=O) groups is 1. The van der Waals surface area contributed by atoms with E-state index in [-0.39, 0.29) is 5.91 Å². The zero-order valence-corrected chi connectivity index (χ0v) is 14.5. The average molecular weight is 339 g/mol. The van der Waals surface area contributed by atoms with E-state index in [2.05, 4.69) is 39.7 Å². The van der Waals surface area contributed by atoms with E-state index >= 15 is 0 Å². The van der Waals surface area contributed by atoms with Crippen LogP contribution in [-0.2, 0) is 24.2 Å². The fourth-order valence-corrected chi connectivity index (χ4v) is 4.17. The fraction of sp³-hybridized carbons (Fsp3) is 0.550. The number of fused-ring (bicyclic) bond motifs is 1. The van der Waals surface area contributed by atoms with Crippen LogP contribution in [0.3, 0.4) is 0 Å². The number of rotatable bonds is 5. The molecule has 5 heteroatoms. The van der Waals surface area contributed by atoms with Crippen molar-refractivity contribution in [1.29, 1.82) is 0 Å². The summed E-state index contributed by atoms with van der Waals surface area (Å²) in [7, 11) is 0. The normalized spacial score (nSPS) is 18.2. The Bertz CT molecular complexity index is 709. The van der Waals surface area contributed by atoms with Gasteiger partial charge in [-0.15, -0.1) is 0 Å². The Morgan fingerprint density at radius 3 is 2.56 bits per heavy atom. The molecular formula is C20H25N3O2. The first-order valence-electron chi connectivity index (χ1n) is 9.44. The van der Waals surface area contributed by atoms with Crippen LogP contribution in [0.2, 0.25) is 0 Å². The summed E-state index contributed by atoms with van der Waals surface area (Å²) < 4.78 is 5.31. The quantitative estimate of drug-likeness (QED) is 0.905. The number of hydrogen-bond donors (Lipinski definition) is 1. The monoisotopic (exact) mass is 339 g/mol. The van der Waals surface area contributed by atoms with Crippen molar-refractivity contribution < 1.29 is 9.32 Å². The van der Waals surface area contributed by atoms with Crippen LogP contribution in [0.4, 0.5) is 0 Å². The molecule has 0 atom stereocenters. The first kappa shape index (κ1) is 16.3. The molecule has 2 aliphatic rings. The molecule has 1 N–H and O–H groups in total. The first-order valence-corrected chi connectivity index (χ1v) is 9.44. The second-order valence-corrected chi connectivity index (χ2v) is 7.41. The van der Waals surface area contributed by atoms with Crippen molar-refractivity contribution in [2.75, 3.05) is 0 Å². The molecule has 0 spiro atoms. The van der Waals surface area contributed by atoms with E-state index in [1.807, 2.05) is 0 Å². The van der Waals surface area contributed by atoms with Crippen molar-refractivity contribution in [3.8, 4) is 0 Å². The van der Waals surface area contributed by atoms with Gasteiger partial charge in [-0.05, 0) is 42.7 Å². The molecular weight excluding hydrogens is 314 g/mol. The Hall–Kier alpha value is -2.17. The highest BCUT2D eigenvalue weighted by molar-refractivity contribution is 5.76. The number of hydrogen-bond acceptors (Lipinski definition) is 4. The Balaban J connectivity index is 1.25. The predicted molar refractivity (Wildman–Crippen MR) is 93.9 cm³/mol. The highest BCUT2D eigenvalue weighted by Gasteiger charge is 2.24. The smallest absolute Gasteiger partial charge is 0.246 e. The summed E-state index contributed by atoms with van der Waals surface area (Å²) in [5.74, 6) is 2.23. The highest BCUT2D eigenvalue weighted by atomic mass is 16.5. The fourth-order valence-electron chi connectivity index (χ4n) is 4.17. The minimum absolute atomic E-state index is 0.0650. The second-order valence-electron chi connectivity index (χ2n) is 7.41. The van der Waals surface area contributed by atoms with Crippen LogP contribution in [-0.4, -0.2) is 16.0 Å². The molecule has 1 saturated carbocycles. The summed E-state index contributed by atoms with van der Waals surface area (Å²) in [6.45, 7) is 0.332. The lowest BCUT2D eigenvalue weighted by Crippen LogP contribution is -2.25. The van der Waals surface area contributed by atoms with Crippen molar-refractivity contribution in [1.82, 2.24) is 15.5 Å². The third kappa shape index (κ3) is 3.91. The third-order valence-electron chi connectivity index (χ3n) is 5.50. The summed E-state index contributed by atoms with van der Waals surface area (Å²) in [6.07, 6.45) is 8.64. The van der Waals surface area contributed by atoms with E-state index in [4.69, 9.17) is 4.52 Å². The van der Waals surface area contributed by atoms with E-state index in [1.165, 1.54) is 30.4 Å². The molecule has 0 saturated heterocycles. The minimum Gasteiger partial charge on any atom is -0.347 e. The van der Waals surface area contributed by atoms with E-state index in [0.29, 0.717) is 30.7 Å². The number of amides is 1. The molecule has 132 valence electrons. The van der Waals surface area contributed by atoms with Gasteiger partial charge in [-0.2, -0.15) is 4.98 Å². The van der Waals surface area contributed by atoms with Crippen LogP contribution in [0.1, 0.15) is 67.3 Å². The third-order valence-corrected chi connectivity index (χ3v) is 5.50. The van der Waals surface area contributed by atoms with Crippen LogP contribution in [0.15, 0.2) is 28.8 Å². The van der Waals surface area contributed by atoms with E-state index in [1.54, 1.807) is 0 Å². The van der Waals surface area contributed by atoms with Gasteiger partial charge in [-0.1, -0.05) is 48.7 Å². The molecule has 2 aliphatic carbocycles. The van der Waals surface area contributed by atoms with Crippen molar-refractivity contribution in [2.45, 2.75) is 63.8 Å². The number of aromatic nitrogens is 2. The summed E-state index contributed by atoms with van der Waals surface area (Å²) in [5.41, 5.74) is 2.77. The maximum Gasteiger partial charge on any atom is 0.246 e. The van der Waals surface area contributed by atoms with E-state index < -0.39 is 0 Å². The van der Waals surface area contributed by atoms with Gasteiger partial charge in [-0.25, -0.2) is 0 Å². The molecule has 25 heavy (non-hydrogen) atoms. The molecule has 1 heterocycles. The number of nitrogens with zero attached hydrogens (tertiary/aromatic N) is 2. The zero-order chi connectivity index (χ0) is 17.1. The van der Waals surface area contributed by atoms with Crippen molar-refractivity contribution in [3.05, 3.63) is 47.1 Å². The van der Waals surface area contributed by atoms with Gasteiger partial charge in [0.15, 0.2) is 5.82 Å². The molecule has 4 rings (SSSR count). The average Bonchev–Trinajstić information content (AvgIpc) is 3.27. The van der Waals surface area contributed by atoms with Gasteiger partial charge in [-0.3, -0.25) is 4.79 Å². The second kappa shape index (κ2) is 7.38. The molecule has 1 aromatic heterocycles. The van der Waals surface area contributed by atoms with Crippen molar-refractivity contribution >= 4 is 5.91 Å². The van der Waals surface area contributed by atoms with Crippen LogP contribution in [0.5, 0.6) is 0 Å². The van der Waals surface area contributed by atoms with Crippen LogP contribution >= 0.6 is 0 Å². The SMILES string of the molecule is O=C(CC1Cc2ccccc2C1)NCc1nc(C2CCCCC2)no1. The molecule has 2 aromatic rings. The molecule has 0 unspecified atom stereocenters. The molecule has 0 bridgehead atoms. The predicted octanol–water partition coefficient (Wildman–Crippen LogP) is 3.54.